The fourth-order valence-electron chi connectivity index (χ4n) is 2.22. The van der Waals surface area contributed by atoms with Crippen molar-refractivity contribution in [2.75, 3.05) is 19.5 Å². The van der Waals surface area contributed by atoms with Crippen molar-refractivity contribution in [1.29, 1.82) is 0 Å². The zero-order chi connectivity index (χ0) is 14.7. The van der Waals surface area contributed by atoms with E-state index in [2.05, 4.69) is 5.32 Å². The van der Waals surface area contributed by atoms with Gasteiger partial charge in [0.05, 0.1) is 26.1 Å². The molecule has 1 amide bonds. The monoisotopic (exact) mass is 279 g/mol. The molecule has 6 nitrogen and oxygen atoms in total. The van der Waals surface area contributed by atoms with E-state index in [-0.39, 0.29) is 5.91 Å². The number of benzene rings is 1. The standard InChI is InChI=1S/C14H17NO5/c1-19-9-5-8(6-10(7-9)20-2)15-13(16)11-3-4-12(11)14(17)18/h5-7,11-12H,3-4H2,1-2H3,(H,15,16)(H,17,18). The summed E-state index contributed by atoms with van der Waals surface area (Å²) in [4.78, 5) is 23.0. The topological polar surface area (TPSA) is 84.9 Å². The quantitative estimate of drug-likeness (QED) is 0.857. The van der Waals surface area contributed by atoms with Gasteiger partial charge in [-0.1, -0.05) is 0 Å². The van der Waals surface area contributed by atoms with Crippen molar-refractivity contribution < 1.29 is 24.2 Å². The predicted octanol–water partition coefficient (Wildman–Crippen LogP) is 1.75. The number of carboxylic acid groups (broad SMARTS) is 1. The molecule has 1 aromatic carbocycles. The average Bonchev–Trinajstić information content (AvgIpc) is 2.35. The van der Waals surface area contributed by atoms with Crippen LogP contribution in [0.3, 0.4) is 0 Å². The highest BCUT2D eigenvalue weighted by molar-refractivity contribution is 5.96. The van der Waals surface area contributed by atoms with Crippen molar-refractivity contribution in [2.24, 2.45) is 11.8 Å². The first-order valence-corrected chi connectivity index (χ1v) is 6.32. The lowest BCUT2D eigenvalue weighted by molar-refractivity contribution is -0.151. The molecule has 0 saturated heterocycles. The van der Waals surface area contributed by atoms with Crippen molar-refractivity contribution in [2.45, 2.75) is 12.8 Å². The number of anilines is 1. The zero-order valence-electron chi connectivity index (χ0n) is 11.4. The Morgan fingerprint density at radius 3 is 2.05 bits per heavy atom. The normalized spacial score (nSPS) is 20.7. The van der Waals surface area contributed by atoms with Crippen molar-refractivity contribution in [3.8, 4) is 11.5 Å². The smallest absolute Gasteiger partial charge is 0.307 e. The summed E-state index contributed by atoms with van der Waals surface area (Å²) in [6.45, 7) is 0. The van der Waals surface area contributed by atoms with Crippen LogP contribution in [0.1, 0.15) is 12.8 Å². The molecular formula is C14H17NO5. The van der Waals surface area contributed by atoms with Crippen molar-refractivity contribution in [3.63, 3.8) is 0 Å². The third kappa shape index (κ3) is 2.84. The Kier molecular flexibility index (Phi) is 4.12. The maximum absolute atomic E-state index is 12.1. The second-order valence-corrected chi connectivity index (χ2v) is 4.72. The lowest BCUT2D eigenvalue weighted by Crippen LogP contribution is -2.41. The van der Waals surface area contributed by atoms with E-state index in [1.165, 1.54) is 14.2 Å². The molecule has 108 valence electrons. The summed E-state index contributed by atoms with van der Waals surface area (Å²) in [6.07, 6.45) is 1.15. The van der Waals surface area contributed by atoms with E-state index >= 15 is 0 Å². The summed E-state index contributed by atoms with van der Waals surface area (Å²) in [5, 5.41) is 11.7. The molecule has 0 spiro atoms. The van der Waals surface area contributed by atoms with Gasteiger partial charge in [0.25, 0.3) is 0 Å². The number of hydrogen-bond donors (Lipinski definition) is 2. The van der Waals surface area contributed by atoms with Gasteiger partial charge in [0.1, 0.15) is 11.5 Å². The Balaban J connectivity index is 2.09. The van der Waals surface area contributed by atoms with E-state index in [4.69, 9.17) is 14.6 Å². The number of carbonyl (C=O) groups is 2. The molecule has 0 aromatic heterocycles. The van der Waals surface area contributed by atoms with Gasteiger partial charge in [0, 0.05) is 23.9 Å². The van der Waals surface area contributed by atoms with E-state index in [9.17, 15) is 9.59 Å². The number of aliphatic carboxylic acids is 1. The van der Waals surface area contributed by atoms with Crippen molar-refractivity contribution in [3.05, 3.63) is 18.2 Å². The highest BCUT2D eigenvalue weighted by Crippen LogP contribution is 2.36. The number of carbonyl (C=O) groups excluding carboxylic acids is 1. The average molecular weight is 279 g/mol. The molecule has 0 heterocycles. The van der Waals surface area contributed by atoms with Crippen molar-refractivity contribution in [1.82, 2.24) is 0 Å². The Morgan fingerprint density at radius 1 is 1.10 bits per heavy atom. The number of rotatable bonds is 5. The van der Waals surface area contributed by atoms with Gasteiger partial charge in [-0.3, -0.25) is 9.59 Å². The van der Waals surface area contributed by atoms with Crippen LogP contribution in [0.5, 0.6) is 11.5 Å². The minimum atomic E-state index is -0.917. The van der Waals surface area contributed by atoms with E-state index < -0.39 is 17.8 Å². The first-order chi connectivity index (χ1) is 9.55. The van der Waals surface area contributed by atoms with Crippen LogP contribution in [0.15, 0.2) is 18.2 Å². The summed E-state index contributed by atoms with van der Waals surface area (Å²) in [5.74, 6) is -1.13. The molecule has 1 aliphatic rings. The number of ether oxygens (including phenoxy) is 2. The second kappa shape index (κ2) is 5.81. The molecule has 1 fully saturated rings. The molecule has 1 aliphatic carbocycles. The van der Waals surface area contributed by atoms with E-state index in [1.807, 2.05) is 0 Å². The summed E-state index contributed by atoms with van der Waals surface area (Å²) in [7, 11) is 3.04. The first kappa shape index (κ1) is 14.2. The van der Waals surface area contributed by atoms with Crippen molar-refractivity contribution >= 4 is 17.6 Å². The number of methoxy groups -OCH3 is 2. The number of carboxylic acids is 1. The van der Waals surface area contributed by atoms with Crippen LogP contribution in [0.2, 0.25) is 0 Å². The molecule has 2 atom stereocenters. The highest BCUT2D eigenvalue weighted by atomic mass is 16.5. The molecule has 1 aromatic rings. The van der Waals surface area contributed by atoms with Gasteiger partial charge in [-0.05, 0) is 12.8 Å². The van der Waals surface area contributed by atoms with Gasteiger partial charge >= 0.3 is 5.97 Å². The Bertz CT molecular complexity index is 506. The van der Waals surface area contributed by atoms with Gasteiger partial charge < -0.3 is 19.9 Å². The Morgan fingerprint density at radius 2 is 1.65 bits per heavy atom. The molecule has 0 aliphatic heterocycles. The highest BCUT2D eigenvalue weighted by Gasteiger charge is 2.41. The van der Waals surface area contributed by atoms with Crippen LogP contribution in [0.4, 0.5) is 5.69 Å². The molecular weight excluding hydrogens is 262 g/mol. The lowest BCUT2D eigenvalue weighted by atomic mass is 9.73. The van der Waals surface area contributed by atoms with E-state index in [0.29, 0.717) is 30.0 Å². The first-order valence-electron chi connectivity index (χ1n) is 6.32. The van der Waals surface area contributed by atoms with Gasteiger partial charge in [-0.2, -0.15) is 0 Å². The Labute approximate surface area is 116 Å². The minimum absolute atomic E-state index is 0.279. The van der Waals surface area contributed by atoms with Crippen LogP contribution in [0, 0.1) is 11.8 Å². The lowest BCUT2D eigenvalue weighted by Gasteiger charge is -2.31. The van der Waals surface area contributed by atoms with E-state index in [1.54, 1.807) is 18.2 Å². The molecule has 1 saturated carbocycles. The number of nitrogens with one attached hydrogen (secondary N) is 1. The predicted molar refractivity (Wildman–Crippen MR) is 72.0 cm³/mol. The fraction of sp³-hybridized carbons (Fsp3) is 0.429. The summed E-state index contributed by atoms with van der Waals surface area (Å²) >= 11 is 0. The minimum Gasteiger partial charge on any atom is -0.497 e. The van der Waals surface area contributed by atoms with Crippen LogP contribution in [0.25, 0.3) is 0 Å². The van der Waals surface area contributed by atoms with E-state index in [0.717, 1.165) is 0 Å². The SMILES string of the molecule is COc1cc(NC(=O)C2CCC2C(=O)O)cc(OC)c1. The third-order valence-corrected chi connectivity index (χ3v) is 3.55. The van der Waals surface area contributed by atoms with Gasteiger partial charge in [0.15, 0.2) is 0 Å². The number of amides is 1. The zero-order valence-corrected chi connectivity index (χ0v) is 11.4. The maximum Gasteiger partial charge on any atom is 0.307 e. The molecule has 0 radical (unpaired) electrons. The molecule has 2 N–H and O–H groups in total. The van der Waals surface area contributed by atoms with Crippen LogP contribution in [-0.4, -0.2) is 31.2 Å². The van der Waals surface area contributed by atoms with Gasteiger partial charge in [-0.15, -0.1) is 0 Å². The van der Waals surface area contributed by atoms with Crippen LogP contribution in [-0.2, 0) is 9.59 Å². The molecule has 0 bridgehead atoms. The van der Waals surface area contributed by atoms with Crippen LogP contribution < -0.4 is 14.8 Å². The summed E-state index contributed by atoms with van der Waals surface area (Å²) in [6, 6.07) is 5.02. The summed E-state index contributed by atoms with van der Waals surface area (Å²) in [5.41, 5.74) is 0.530. The molecule has 6 heteroatoms. The van der Waals surface area contributed by atoms with Gasteiger partial charge in [-0.25, -0.2) is 0 Å². The summed E-state index contributed by atoms with van der Waals surface area (Å²) < 4.78 is 10.2. The molecule has 20 heavy (non-hydrogen) atoms. The third-order valence-electron chi connectivity index (χ3n) is 3.55. The van der Waals surface area contributed by atoms with Crippen LogP contribution >= 0.6 is 0 Å². The molecule has 2 unspecified atom stereocenters. The Hall–Kier alpha value is -2.24. The fourth-order valence-corrected chi connectivity index (χ4v) is 2.22. The molecule has 2 rings (SSSR count). The van der Waals surface area contributed by atoms with Gasteiger partial charge in [0.2, 0.25) is 5.91 Å². The largest absolute Gasteiger partial charge is 0.497 e. The second-order valence-electron chi connectivity index (χ2n) is 4.72. The maximum atomic E-state index is 12.1. The number of hydrogen-bond acceptors (Lipinski definition) is 4.